The molecule has 1 aromatic carbocycles. The van der Waals surface area contributed by atoms with Crippen molar-refractivity contribution in [2.45, 2.75) is 26.1 Å². The zero-order valence-electron chi connectivity index (χ0n) is 10.1. The van der Waals surface area contributed by atoms with E-state index in [1.165, 1.54) is 0 Å². The Morgan fingerprint density at radius 1 is 1.38 bits per heavy atom. The van der Waals surface area contributed by atoms with Crippen molar-refractivity contribution in [3.8, 4) is 11.5 Å². The van der Waals surface area contributed by atoms with Gasteiger partial charge in [-0.1, -0.05) is 24.9 Å². The largest absolute Gasteiger partial charge is 0.493 e. The van der Waals surface area contributed by atoms with E-state index in [4.69, 9.17) is 9.47 Å². The number of hydrogen-bond acceptors (Lipinski definition) is 3. The predicted octanol–water partition coefficient (Wildman–Crippen LogP) is 1.53. The van der Waals surface area contributed by atoms with Crippen molar-refractivity contribution in [2.75, 3.05) is 7.11 Å². The van der Waals surface area contributed by atoms with Crippen LogP contribution < -0.4 is 9.47 Å². The van der Waals surface area contributed by atoms with Crippen LogP contribution in [0.5, 0.6) is 11.5 Å². The van der Waals surface area contributed by atoms with Gasteiger partial charge in [0.1, 0.15) is 7.85 Å². The lowest BCUT2D eigenvalue weighted by molar-refractivity contribution is -0.134. The highest BCUT2D eigenvalue weighted by Gasteiger charge is 2.09. The third-order valence-corrected chi connectivity index (χ3v) is 2.31. The lowest BCUT2D eigenvalue weighted by Gasteiger charge is -2.10. The van der Waals surface area contributed by atoms with E-state index < -0.39 is 0 Å². The second-order valence-corrected chi connectivity index (χ2v) is 3.56. The summed E-state index contributed by atoms with van der Waals surface area (Å²) in [6.07, 6.45) is 2.15. The Hall–Kier alpha value is -1.45. The first-order valence-electron chi connectivity index (χ1n) is 5.58. The lowest BCUT2D eigenvalue weighted by Crippen LogP contribution is -2.08. The van der Waals surface area contributed by atoms with E-state index in [0.29, 0.717) is 17.9 Å². The Morgan fingerprint density at radius 2 is 2.12 bits per heavy atom. The number of carbonyl (C=O) groups is 1. The molecule has 0 N–H and O–H groups in total. The van der Waals surface area contributed by atoms with E-state index in [-0.39, 0.29) is 5.97 Å². The zero-order valence-corrected chi connectivity index (χ0v) is 10.1. The highest BCUT2D eigenvalue weighted by molar-refractivity contribution is 6.08. The summed E-state index contributed by atoms with van der Waals surface area (Å²) in [4.78, 5) is 11.4. The van der Waals surface area contributed by atoms with Crippen molar-refractivity contribution in [3.05, 3.63) is 23.8 Å². The second kappa shape index (κ2) is 6.21. The van der Waals surface area contributed by atoms with Gasteiger partial charge >= 0.3 is 5.97 Å². The molecule has 0 aliphatic rings. The van der Waals surface area contributed by atoms with Crippen LogP contribution in [0.4, 0.5) is 0 Å². The third-order valence-electron chi connectivity index (χ3n) is 2.31. The van der Waals surface area contributed by atoms with E-state index in [9.17, 15) is 4.79 Å². The van der Waals surface area contributed by atoms with Crippen LogP contribution in [-0.2, 0) is 11.1 Å². The first kappa shape index (κ1) is 12.6. The van der Waals surface area contributed by atoms with E-state index in [2.05, 4.69) is 7.85 Å². The number of methoxy groups -OCH3 is 1. The van der Waals surface area contributed by atoms with Crippen molar-refractivity contribution in [1.82, 2.24) is 0 Å². The van der Waals surface area contributed by atoms with Crippen LogP contribution in [0.15, 0.2) is 18.2 Å². The molecule has 0 unspecified atom stereocenters. The fourth-order valence-corrected chi connectivity index (χ4v) is 1.39. The van der Waals surface area contributed by atoms with Gasteiger partial charge in [-0.2, -0.15) is 0 Å². The molecule has 1 rings (SSSR count). The Balaban J connectivity index is 2.83. The normalized spacial score (nSPS) is 9.88. The van der Waals surface area contributed by atoms with Crippen molar-refractivity contribution in [3.63, 3.8) is 0 Å². The van der Waals surface area contributed by atoms with E-state index in [1.807, 2.05) is 19.1 Å². The Labute approximate surface area is 97.2 Å². The Morgan fingerprint density at radius 3 is 2.69 bits per heavy atom. The number of carbonyl (C=O) groups excluding carboxylic acids is 1. The molecular weight excluding hydrogens is 203 g/mol. The monoisotopic (exact) mass is 220 g/mol. The van der Waals surface area contributed by atoms with Crippen LogP contribution in [0.1, 0.15) is 25.3 Å². The molecule has 0 saturated carbocycles. The Bertz CT molecular complexity index is 363. The molecule has 0 spiro atoms. The van der Waals surface area contributed by atoms with Gasteiger partial charge in [0.2, 0.25) is 0 Å². The molecule has 16 heavy (non-hydrogen) atoms. The lowest BCUT2D eigenvalue weighted by atomic mass is 9.97. The van der Waals surface area contributed by atoms with Crippen LogP contribution >= 0.6 is 0 Å². The molecule has 1 aromatic rings. The summed E-state index contributed by atoms with van der Waals surface area (Å²) in [5.74, 6) is 0.895. The summed E-state index contributed by atoms with van der Waals surface area (Å²) in [6, 6.07) is 5.62. The van der Waals surface area contributed by atoms with Gasteiger partial charge in [-0.05, 0) is 18.6 Å². The SMILES string of the molecule is BCc1ccc(OC(=O)CCC)c(OC)c1. The summed E-state index contributed by atoms with van der Waals surface area (Å²) in [5, 5.41) is 0. The highest BCUT2D eigenvalue weighted by Crippen LogP contribution is 2.28. The van der Waals surface area contributed by atoms with Crippen LogP contribution in [0, 0.1) is 0 Å². The zero-order chi connectivity index (χ0) is 12.0. The first-order valence-corrected chi connectivity index (χ1v) is 5.58. The van der Waals surface area contributed by atoms with Crippen molar-refractivity contribution in [2.24, 2.45) is 0 Å². The molecule has 0 radical (unpaired) electrons. The van der Waals surface area contributed by atoms with Crippen LogP contribution in [0.2, 0.25) is 0 Å². The average Bonchev–Trinajstić information content (AvgIpc) is 2.30. The summed E-state index contributed by atoms with van der Waals surface area (Å²) in [5.41, 5.74) is 1.16. The predicted molar refractivity (Wildman–Crippen MR) is 65.8 cm³/mol. The number of benzene rings is 1. The van der Waals surface area contributed by atoms with Gasteiger partial charge in [0.05, 0.1) is 7.11 Å². The average molecular weight is 220 g/mol. The maximum atomic E-state index is 11.4. The fraction of sp³-hybridized carbons (Fsp3) is 0.417. The van der Waals surface area contributed by atoms with Crippen molar-refractivity contribution < 1.29 is 14.3 Å². The van der Waals surface area contributed by atoms with Crippen LogP contribution in [0.3, 0.4) is 0 Å². The van der Waals surface area contributed by atoms with Crippen molar-refractivity contribution >= 4 is 13.8 Å². The Kier molecular flexibility index (Phi) is 4.90. The number of ether oxygens (including phenoxy) is 2. The number of hydrogen-bond donors (Lipinski definition) is 0. The molecule has 0 aliphatic heterocycles. The van der Waals surface area contributed by atoms with Crippen molar-refractivity contribution in [1.29, 1.82) is 0 Å². The minimum absolute atomic E-state index is 0.218. The smallest absolute Gasteiger partial charge is 0.311 e. The van der Waals surface area contributed by atoms with Crippen LogP contribution in [-0.4, -0.2) is 20.9 Å². The molecular formula is C12H17BO3. The molecule has 0 aliphatic carbocycles. The van der Waals surface area contributed by atoms with E-state index >= 15 is 0 Å². The van der Waals surface area contributed by atoms with Gasteiger partial charge in [0, 0.05) is 6.42 Å². The summed E-state index contributed by atoms with van der Waals surface area (Å²) in [7, 11) is 3.64. The number of esters is 1. The molecule has 86 valence electrons. The maximum Gasteiger partial charge on any atom is 0.311 e. The quantitative estimate of drug-likeness (QED) is 0.429. The van der Waals surface area contributed by atoms with Gasteiger partial charge < -0.3 is 9.47 Å². The summed E-state index contributed by atoms with van der Waals surface area (Å²) < 4.78 is 10.4. The molecule has 0 saturated heterocycles. The van der Waals surface area contributed by atoms with Gasteiger partial charge in [-0.25, -0.2) is 0 Å². The molecule has 0 aromatic heterocycles. The maximum absolute atomic E-state index is 11.4. The van der Waals surface area contributed by atoms with Gasteiger partial charge in [0.25, 0.3) is 0 Å². The highest BCUT2D eigenvalue weighted by atomic mass is 16.6. The molecule has 4 heteroatoms. The summed E-state index contributed by atoms with van der Waals surface area (Å²) >= 11 is 0. The van der Waals surface area contributed by atoms with Crippen LogP contribution in [0.25, 0.3) is 0 Å². The third kappa shape index (κ3) is 3.30. The van der Waals surface area contributed by atoms with E-state index in [0.717, 1.165) is 18.3 Å². The minimum Gasteiger partial charge on any atom is -0.493 e. The fourth-order valence-electron chi connectivity index (χ4n) is 1.39. The molecule has 3 nitrogen and oxygen atoms in total. The van der Waals surface area contributed by atoms with Gasteiger partial charge in [-0.15, -0.1) is 0 Å². The first-order chi connectivity index (χ1) is 7.71. The van der Waals surface area contributed by atoms with Gasteiger partial charge in [-0.3, -0.25) is 4.79 Å². The number of rotatable bonds is 5. The molecule has 0 bridgehead atoms. The molecule has 0 atom stereocenters. The second-order valence-electron chi connectivity index (χ2n) is 3.56. The summed E-state index contributed by atoms with van der Waals surface area (Å²) in [6.45, 7) is 1.94. The topological polar surface area (TPSA) is 35.5 Å². The van der Waals surface area contributed by atoms with E-state index in [1.54, 1.807) is 13.2 Å². The minimum atomic E-state index is -0.218. The standard InChI is InChI=1S/C12H17BO3/c1-3-4-12(14)16-10-6-5-9(8-13)7-11(10)15-2/h5-7H,3-4,8,13H2,1-2H3. The van der Waals surface area contributed by atoms with Gasteiger partial charge in [0.15, 0.2) is 11.5 Å². The molecule has 0 heterocycles. The molecule has 0 fully saturated rings. The molecule has 0 amide bonds.